The first-order valence-electron chi connectivity index (χ1n) is 9.65. The fourth-order valence-corrected chi connectivity index (χ4v) is 3.96. The van der Waals surface area contributed by atoms with E-state index in [1.165, 1.54) is 0 Å². The molecule has 1 aliphatic rings. The van der Waals surface area contributed by atoms with Crippen molar-refractivity contribution < 1.29 is 9.13 Å². The normalized spacial score (nSPS) is 20.0. The van der Waals surface area contributed by atoms with E-state index in [-0.39, 0.29) is 18.0 Å². The molecule has 1 aromatic carbocycles. The Morgan fingerprint density at radius 2 is 1.93 bits per heavy atom. The standard InChI is InChI=1S/C21H26FN5O/c1-13-7-14(2)27-18(10-24-21(27)25-13)9-23-17-5-6-20(19(22)8-17)26-11-15(3)28-16(4)12-26/h5-8,10,15-16,23H,9,11-12H2,1-4H3/t15-,16-/m0/s1. The van der Waals surface area contributed by atoms with Gasteiger partial charge < -0.3 is 15.0 Å². The number of nitrogens with zero attached hydrogens (tertiary/aromatic N) is 4. The van der Waals surface area contributed by atoms with Crippen LogP contribution in [0.3, 0.4) is 0 Å². The number of hydrogen-bond acceptors (Lipinski definition) is 5. The lowest BCUT2D eigenvalue weighted by Gasteiger charge is -2.37. The molecule has 0 saturated carbocycles. The number of hydrogen-bond donors (Lipinski definition) is 1. The number of aromatic nitrogens is 3. The number of morpholine rings is 1. The summed E-state index contributed by atoms with van der Waals surface area (Å²) >= 11 is 0. The summed E-state index contributed by atoms with van der Waals surface area (Å²) < 4.78 is 22.5. The van der Waals surface area contributed by atoms with Gasteiger partial charge in [-0.3, -0.25) is 4.40 Å². The first-order chi connectivity index (χ1) is 13.4. The highest BCUT2D eigenvalue weighted by Crippen LogP contribution is 2.26. The molecule has 1 aliphatic heterocycles. The fourth-order valence-electron chi connectivity index (χ4n) is 3.96. The Labute approximate surface area is 164 Å². The van der Waals surface area contributed by atoms with Crippen LogP contribution in [0.5, 0.6) is 0 Å². The van der Waals surface area contributed by atoms with E-state index in [0.717, 1.165) is 22.8 Å². The van der Waals surface area contributed by atoms with E-state index in [4.69, 9.17) is 4.74 Å². The summed E-state index contributed by atoms with van der Waals surface area (Å²) in [5.74, 6) is 0.462. The van der Waals surface area contributed by atoms with E-state index in [1.807, 2.05) is 56.5 Å². The number of rotatable bonds is 4. The van der Waals surface area contributed by atoms with Crippen LogP contribution in [0.25, 0.3) is 5.78 Å². The molecular formula is C21H26FN5O. The molecule has 3 heterocycles. The summed E-state index contributed by atoms with van der Waals surface area (Å²) in [4.78, 5) is 10.9. The van der Waals surface area contributed by atoms with E-state index >= 15 is 0 Å². The molecule has 28 heavy (non-hydrogen) atoms. The van der Waals surface area contributed by atoms with Crippen LogP contribution in [0.1, 0.15) is 30.9 Å². The molecule has 3 aromatic rings. The largest absolute Gasteiger partial charge is 0.379 e. The topological polar surface area (TPSA) is 54.7 Å². The molecule has 1 fully saturated rings. The van der Waals surface area contributed by atoms with E-state index < -0.39 is 0 Å². The van der Waals surface area contributed by atoms with Crippen LogP contribution in [0.2, 0.25) is 0 Å². The monoisotopic (exact) mass is 383 g/mol. The van der Waals surface area contributed by atoms with Crippen LogP contribution in [0, 0.1) is 19.7 Å². The van der Waals surface area contributed by atoms with Crippen LogP contribution in [0.15, 0.2) is 30.5 Å². The summed E-state index contributed by atoms with van der Waals surface area (Å²) in [5.41, 5.74) is 4.37. The minimum atomic E-state index is -0.224. The third-order valence-electron chi connectivity index (χ3n) is 5.04. The van der Waals surface area contributed by atoms with Gasteiger partial charge in [-0.15, -0.1) is 0 Å². The smallest absolute Gasteiger partial charge is 0.234 e. The van der Waals surface area contributed by atoms with Gasteiger partial charge in [0, 0.05) is 30.2 Å². The molecular weight excluding hydrogens is 357 g/mol. The molecule has 1 saturated heterocycles. The maximum absolute atomic E-state index is 14.8. The van der Waals surface area contributed by atoms with Crippen molar-refractivity contribution in [2.45, 2.75) is 46.4 Å². The summed E-state index contributed by atoms with van der Waals surface area (Å²) in [6, 6.07) is 7.34. The highest BCUT2D eigenvalue weighted by Gasteiger charge is 2.24. The number of anilines is 2. The maximum atomic E-state index is 14.8. The number of benzene rings is 1. The zero-order valence-electron chi connectivity index (χ0n) is 16.7. The molecule has 2 aromatic heterocycles. The van der Waals surface area contributed by atoms with Crippen molar-refractivity contribution in [1.29, 1.82) is 0 Å². The zero-order chi connectivity index (χ0) is 19.8. The first-order valence-corrected chi connectivity index (χ1v) is 9.65. The highest BCUT2D eigenvalue weighted by atomic mass is 19.1. The van der Waals surface area contributed by atoms with Gasteiger partial charge >= 0.3 is 0 Å². The molecule has 0 radical (unpaired) electrons. The zero-order valence-corrected chi connectivity index (χ0v) is 16.7. The van der Waals surface area contributed by atoms with E-state index in [0.29, 0.717) is 31.1 Å². The first kappa shape index (κ1) is 18.7. The minimum Gasteiger partial charge on any atom is -0.379 e. The van der Waals surface area contributed by atoms with Gasteiger partial charge in [0.05, 0.1) is 36.3 Å². The molecule has 2 atom stereocenters. The molecule has 1 N–H and O–H groups in total. The Morgan fingerprint density at radius 1 is 1.18 bits per heavy atom. The molecule has 0 aliphatic carbocycles. The Morgan fingerprint density at radius 3 is 2.64 bits per heavy atom. The molecule has 148 valence electrons. The van der Waals surface area contributed by atoms with Crippen molar-refractivity contribution in [2.75, 3.05) is 23.3 Å². The second-order valence-electron chi connectivity index (χ2n) is 7.61. The van der Waals surface area contributed by atoms with Crippen LogP contribution >= 0.6 is 0 Å². The van der Waals surface area contributed by atoms with E-state index in [2.05, 4.69) is 20.2 Å². The Balaban J connectivity index is 1.50. The Hall–Kier alpha value is -2.67. The van der Waals surface area contributed by atoms with Crippen molar-refractivity contribution >= 4 is 17.2 Å². The number of ether oxygens (including phenoxy) is 1. The predicted octanol–water partition coefficient (Wildman–Crippen LogP) is 3.71. The predicted molar refractivity (Wildman–Crippen MR) is 108 cm³/mol. The molecule has 0 bridgehead atoms. The molecule has 7 heteroatoms. The number of nitrogens with one attached hydrogen (secondary N) is 1. The average molecular weight is 383 g/mol. The van der Waals surface area contributed by atoms with Gasteiger partial charge in [0.25, 0.3) is 0 Å². The van der Waals surface area contributed by atoms with Gasteiger partial charge in [0.15, 0.2) is 0 Å². The second kappa shape index (κ2) is 7.39. The highest BCUT2D eigenvalue weighted by molar-refractivity contribution is 5.57. The van der Waals surface area contributed by atoms with Crippen molar-refractivity contribution in [3.05, 3.63) is 53.4 Å². The molecule has 4 rings (SSSR count). The van der Waals surface area contributed by atoms with Crippen molar-refractivity contribution in [1.82, 2.24) is 14.4 Å². The van der Waals surface area contributed by atoms with Crippen molar-refractivity contribution in [3.8, 4) is 0 Å². The summed E-state index contributed by atoms with van der Waals surface area (Å²) in [7, 11) is 0. The van der Waals surface area contributed by atoms with Gasteiger partial charge in [-0.25, -0.2) is 14.4 Å². The van der Waals surface area contributed by atoms with Gasteiger partial charge in [-0.1, -0.05) is 0 Å². The quantitative estimate of drug-likeness (QED) is 0.744. The van der Waals surface area contributed by atoms with Crippen LogP contribution in [-0.2, 0) is 11.3 Å². The Bertz CT molecular complexity index is 992. The number of imidazole rings is 1. The minimum absolute atomic E-state index is 0.0941. The maximum Gasteiger partial charge on any atom is 0.234 e. The molecule has 0 amide bonds. The SMILES string of the molecule is Cc1cc(C)n2c(CNc3ccc(N4C[C@H](C)O[C@@H](C)C4)c(F)c3)cnc2n1. The third-order valence-corrected chi connectivity index (χ3v) is 5.04. The van der Waals surface area contributed by atoms with Gasteiger partial charge in [0.1, 0.15) is 5.82 Å². The average Bonchev–Trinajstić information content (AvgIpc) is 3.02. The van der Waals surface area contributed by atoms with Crippen LogP contribution < -0.4 is 10.2 Å². The second-order valence-corrected chi connectivity index (χ2v) is 7.61. The molecule has 6 nitrogen and oxygen atoms in total. The lowest BCUT2D eigenvalue weighted by atomic mass is 10.2. The molecule has 0 spiro atoms. The van der Waals surface area contributed by atoms with E-state index in [1.54, 1.807) is 6.07 Å². The number of aryl methyl sites for hydroxylation is 2. The molecule has 0 unspecified atom stereocenters. The van der Waals surface area contributed by atoms with Crippen LogP contribution in [0.4, 0.5) is 15.8 Å². The van der Waals surface area contributed by atoms with E-state index in [9.17, 15) is 4.39 Å². The van der Waals surface area contributed by atoms with Crippen LogP contribution in [-0.4, -0.2) is 39.7 Å². The lowest BCUT2D eigenvalue weighted by Crippen LogP contribution is -2.45. The van der Waals surface area contributed by atoms with Crippen molar-refractivity contribution in [2.24, 2.45) is 0 Å². The number of halogens is 1. The summed E-state index contributed by atoms with van der Waals surface area (Å²) in [5, 5.41) is 3.30. The van der Waals surface area contributed by atoms with Gasteiger partial charge in [-0.05, 0) is 52.0 Å². The van der Waals surface area contributed by atoms with Crippen molar-refractivity contribution in [3.63, 3.8) is 0 Å². The summed E-state index contributed by atoms with van der Waals surface area (Å²) in [6.07, 6.45) is 2.00. The lowest BCUT2D eigenvalue weighted by molar-refractivity contribution is -0.00539. The van der Waals surface area contributed by atoms with Gasteiger partial charge in [-0.2, -0.15) is 0 Å². The van der Waals surface area contributed by atoms with Gasteiger partial charge in [0.2, 0.25) is 5.78 Å². The number of fused-ring (bicyclic) bond motifs is 1. The third kappa shape index (κ3) is 3.67. The summed E-state index contributed by atoms with van der Waals surface area (Å²) in [6.45, 7) is 9.96. The Kier molecular flexibility index (Phi) is 4.93. The fraction of sp³-hybridized carbons (Fsp3) is 0.429.